The summed E-state index contributed by atoms with van der Waals surface area (Å²) in [5.74, 6) is -0.392. The molecule has 0 aliphatic carbocycles. The van der Waals surface area contributed by atoms with Gasteiger partial charge in [-0.2, -0.15) is 5.10 Å². The Labute approximate surface area is 194 Å². The highest BCUT2D eigenvalue weighted by Gasteiger charge is 2.34. The molecule has 0 spiro atoms. The Kier molecular flexibility index (Phi) is 5.87. The van der Waals surface area contributed by atoms with Gasteiger partial charge in [0.05, 0.1) is 6.21 Å². The molecule has 5 nitrogen and oxygen atoms in total. The van der Waals surface area contributed by atoms with E-state index in [-0.39, 0.29) is 17.3 Å². The monoisotopic (exact) mass is 446 g/mol. The third kappa shape index (κ3) is 4.30. The third-order valence-electron chi connectivity index (χ3n) is 6.78. The molecule has 2 heterocycles. The zero-order chi connectivity index (χ0) is 23.9. The van der Waals surface area contributed by atoms with Gasteiger partial charge >= 0.3 is 0 Å². The van der Waals surface area contributed by atoms with E-state index in [1.807, 2.05) is 39.1 Å². The largest absolute Gasteiger partial charge is 0.369 e. The van der Waals surface area contributed by atoms with E-state index in [0.29, 0.717) is 17.0 Å². The van der Waals surface area contributed by atoms with E-state index in [4.69, 9.17) is 0 Å². The summed E-state index contributed by atoms with van der Waals surface area (Å²) < 4.78 is 16.9. The zero-order valence-corrected chi connectivity index (χ0v) is 20.1. The number of carbonyl (C=O) groups excluding carboxylic acids is 1. The lowest BCUT2D eigenvalue weighted by Gasteiger charge is -2.45. The highest BCUT2D eigenvalue weighted by atomic mass is 19.1. The van der Waals surface area contributed by atoms with Gasteiger partial charge in [-0.25, -0.2) is 9.82 Å². The second-order valence-electron chi connectivity index (χ2n) is 9.61. The summed E-state index contributed by atoms with van der Waals surface area (Å²) in [6.45, 7) is 10.6. The molecule has 1 atom stereocenters. The second kappa shape index (κ2) is 8.50. The van der Waals surface area contributed by atoms with Gasteiger partial charge in [-0.05, 0) is 94.1 Å². The summed E-state index contributed by atoms with van der Waals surface area (Å²) in [5, 5.41) is 4.02. The van der Waals surface area contributed by atoms with Crippen molar-refractivity contribution < 1.29 is 9.18 Å². The van der Waals surface area contributed by atoms with E-state index in [2.05, 4.69) is 52.9 Å². The van der Waals surface area contributed by atoms with Crippen LogP contribution in [0.3, 0.4) is 0 Å². The molecule has 1 N–H and O–H groups in total. The van der Waals surface area contributed by atoms with Gasteiger partial charge in [0.15, 0.2) is 0 Å². The highest BCUT2D eigenvalue weighted by molar-refractivity contribution is 5.95. The minimum absolute atomic E-state index is 0.0310. The summed E-state index contributed by atoms with van der Waals surface area (Å²) in [6.07, 6.45) is 2.36. The molecule has 0 fully saturated rings. The maximum absolute atomic E-state index is 14.8. The number of amides is 1. The fourth-order valence-electron chi connectivity index (χ4n) is 4.77. The summed E-state index contributed by atoms with van der Waals surface area (Å²) in [7, 11) is 2.00. The van der Waals surface area contributed by atoms with Crippen LogP contribution in [0.25, 0.3) is 5.69 Å². The molecule has 1 aliphatic rings. The number of fused-ring (bicyclic) bond motifs is 1. The SMILES string of the molecule is Cc1ccc(C)n1-c1ccc(C(=O)N/N=C\c2cc3c(cc2F)N(C)C(C)(C)CC3C)cc1. The lowest BCUT2D eigenvalue weighted by atomic mass is 9.80. The van der Waals surface area contributed by atoms with Crippen molar-refractivity contribution in [2.75, 3.05) is 11.9 Å². The first kappa shape index (κ1) is 22.8. The number of carbonyl (C=O) groups is 1. The second-order valence-corrected chi connectivity index (χ2v) is 9.61. The van der Waals surface area contributed by atoms with Gasteiger partial charge in [-0.3, -0.25) is 4.79 Å². The quantitative estimate of drug-likeness (QED) is 0.412. The molecular weight excluding hydrogens is 415 g/mol. The maximum atomic E-state index is 14.8. The van der Waals surface area contributed by atoms with Crippen LogP contribution in [-0.2, 0) is 0 Å². The molecule has 33 heavy (non-hydrogen) atoms. The first-order valence-electron chi connectivity index (χ1n) is 11.2. The van der Waals surface area contributed by atoms with Crippen LogP contribution in [0.4, 0.5) is 10.1 Å². The maximum Gasteiger partial charge on any atom is 0.271 e. The number of nitrogens with zero attached hydrogens (tertiary/aromatic N) is 3. The van der Waals surface area contributed by atoms with Crippen molar-refractivity contribution >= 4 is 17.8 Å². The smallest absolute Gasteiger partial charge is 0.271 e. The first-order chi connectivity index (χ1) is 15.6. The summed E-state index contributed by atoms with van der Waals surface area (Å²) in [5.41, 5.74) is 8.59. The number of halogens is 1. The molecule has 0 radical (unpaired) electrons. The van der Waals surface area contributed by atoms with Gasteiger partial charge in [-0.1, -0.05) is 6.92 Å². The number of rotatable bonds is 4. The number of hydrogen-bond acceptors (Lipinski definition) is 3. The van der Waals surface area contributed by atoms with E-state index < -0.39 is 0 Å². The molecule has 1 aliphatic heterocycles. The molecule has 3 aromatic rings. The Morgan fingerprint density at radius 2 is 1.76 bits per heavy atom. The van der Waals surface area contributed by atoms with Crippen molar-refractivity contribution in [3.05, 3.63) is 82.4 Å². The van der Waals surface area contributed by atoms with Crippen LogP contribution in [0.2, 0.25) is 0 Å². The van der Waals surface area contributed by atoms with Gasteiger partial charge in [0.25, 0.3) is 5.91 Å². The van der Waals surface area contributed by atoms with E-state index in [9.17, 15) is 9.18 Å². The molecule has 4 rings (SSSR count). The minimum Gasteiger partial charge on any atom is -0.369 e. The molecule has 0 saturated heterocycles. The Morgan fingerprint density at radius 1 is 1.12 bits per heavy atom. The van der Waals surface area contributed by atoms with Crippen molar-refractivity contribution in [3.63, 3.8) is 0 Å². The number of hydrazone groups is 1. The van der Waals surface area contributed by atoms with Crippen LogP contribution >= 0.6 is 0 Å². The van der Waals surface area contributed by atoms with Crippen molar-refractivity contribution in [2.45, 2.75) is 52.5 Å². The molecule has 6 heteroatoms. The normalized spacial score (nSPS) is 17.3. The molecule has 172 valence electrons. The van der Waals surface area contributed by atoms with Crippen molar-refractivity contribution in [3.8, 4) is 5.69 Å². The lowest BCUT2D eigenvalue weighted by molar-refractivity contribution is 0.0955. The van der Waals surface area contributed by atoms with E-state index in [1.54, 1.807) is 18.2 Å². The van der Waals surface area contributed by atoms with E-state index in [1.165, 1.54) is 6.21 Å². The number of benzene rings is 2. The summed E-state index contributed by atoms with van der Waals surface area (Å²) in [6, 6.07) is 14.9. The average Bonchev–Trinajstić information content (AvgIpc) is 3.10. The Hall–Kier alpha value is -3.41. The molecule has 0 bridgehead atoms. The average molecular weight is 447 g/mol. The zero-order valence-electron chi connectivity index (χ0n) is 20.1. The Balaban J connectivity index is 1.48. The fourth-order valence-corrected chi connectivity index (χ4v) is 4.77. The standard InChI is InChI=1S/C27H31FN4O/c1-17-15-27(4,5)31(6)25-14-24(28)21(13-23(17)25)16-29-30-26(33)20-9-11-22(12-10-20)32-18(2)7-8-19(32)3/h7-14,16-17H,15H2,1-6H3,(H,30,33)/b29-16-. The molecule has 1 amide bonds. The minimum atomic E-state index is -0.356. The van der Waals surface area contributed by atoms with Gasteiger partial charge in [0, 0.05) is 46.5 Å². The third-order valence-corrected chi connectivity index (χ3v) is 6.78. The Bertz CT molecular complexity index is 1200. The van der Waals surface area contributed by atoms with E-state index in [0.717, 1.165) is 34.7 Å². The molecule has 2 aromatic carbocycles. The van der Waals surface area contributed by atoms with Gasteiger partial charge < -0.3 is 9.47 Å². The van der Waals surface area contributed by atoms with Crippen LogP contribution in [0.1, 0.15) is 66.0 Å². The number of aryl methyl sites for hydroxylation is 2. The van der Waals surface area contributed by atoms with Crippen molar-refractivity contribution in [1.82, 2.24) is 9.99 Å². The number of anilines is 1. The topological polar surface area (TPSA) is 49.6 Å². The molecule has 1 unspecified atom stereocenters. The summed E-state index contributed by atoms with van der Waals surface area (Å²) >= 11 is 0. The lowest BCUT2D eigenvalue weighted by Crippen LogP contribution is -2.45. The first-order valence-corrected chi connectivity index (χ1v) is 11.2. The highest BCUT2D eigenvalue weighted by Crippen LogP contribution is 2.43. The molecule has 1 aromatic heterocycles. The van der Waals surface area contributed by atoms with E-state index >= 15 is 0 Å². The fraction of sp³-hybridized carbons (Fsp3) is 0.333. The van der Waals surface area contributed by atoms with Crippen molar-refractivity contribution in [2.24, 2.45) is 5.10 Å². The molecule has 0 saturated carbocycles. The van der Waals surface area contributed by atoms with Crippen LogP contribution in [0.15, 0.2) is 53.6 Å². The predicted molar refractivity (Wildman–Crippen MR) is 132 cm³/mol. The van der Waals surface area contributed by atoms with Crippen LogP contribution in [-0.4, -0.2) is 29.3 Å². The Morgan fingerprint density at radius 3 is 2.39 bits per heavy atom. The molecular formula is C27H31FN4O. The van der Waals surface area contributed by atoms with Gasteiger partial charge in [0.1, 0.15) is 5.82 Å². The van der Waals surface area contributed by atoms with Crippen LogP contribution in [0.5, 0.6) is 0 Å². The van der Waals surface area contributed by atoms with Gasteiger partial charge in [0.2, 0.25) is 0 Å². The predicted octanol–water partition coefficient (Wildman–Crippen LogP) is 5.72. The number of nitrogens with one attached hydrogen (secondary N) is 1. The van der Waals surface area contributed by atoms with Crippen LogP contribution < -0.4 is 10.3 Å². The van der Waals surface area contributed by atoms with Crippen LogP contribution in [0, 0.1) is 19.7 Å². The summed E-state index contributed by atoms with van der Waals surface area (Å²) in [4.78, 5) is 14.7. The van der Waals surface area contributed by atoms with Gasteiger partial charge in [-0.15, -0.1) is 0 Å². The van der Waals surface area contributed by atoms with Crippen molar-refractivity contribution in [1.29, 1.82) is 0 Å². The number of hydrogen-bond donors (Lipinski definition) is 1. The number of aromatic nitrogens is 1.